The Hall–Kier alpha value is -2.76. The quantitative estimate of drug-likeness (QED) is 0.863. The molecule has 1 fully saturated rings. The molecule has 1 N–H and O–H groups in total. The molecule has 1 aliphatic rings. The number of methoxy groups -OCH3 is 1. The average Bonchev–Trinajstić information content (AvgIpc) is 2.64. The van der Waals surface area contributed by atoms with E-state index in [0.29, 0.717) is 18.4 Å². The largest absolute Gasteiger partial charge is 0.467 e. The Labute approximate surface area is 145 Å². The van der Waals surface area contributed by atoms with Crippen LogP contribution in [-0.4, -0.2) is 35.8 Å². The summed E-state index contributed by atoms with van der Waals surface area (Å²) in [6.07, 6.45) is 2.24. The Bertz CT molecular complexity index is 818. The summed E-state index contributed by atoms with van der Waals surface area (Å²) < 4.78 is 4.82. The molecule has 0 radical (unpaired) electrons. The Morgan fingerprint density at radius 1 is 1.24 bits per heavy atom. The highest BCUT2D eigenvalue weighted by Gasteiger charge is 2.34. The van der Waals surface area contributed by atoms with Crippen molar-refractivity contribution < 1.29 is 19.1 Å². The van der Waals surface area contributed by atoms with Gasteiger partial charge >= 0.3 is 5.97 Å². The lowest BCUT2D eigenvalue weighted by Crippen LogP contribution is -2.48. The minimum Gasteiger partial charge on any atom is -0.467 e. The first-order valence-electron chi connectivity index (χ1n) is 8.34. The van der Waals surface area contributed by atoms with Crippen molar-refractivity contribution in [3.63, 3.8) is 0 Å². The van der Waals surface area contributed by atoms with E-state index in [4.69, 9.17) is 4.74 Å². The van der Waals surface area contributed by atoms with Gasteiger partial charge in [0, 0.05) is 18.2 Å². The lowest BCUT2D eigenvalue weighted by atomic mass is 9.83. The fraction of sp³-hybridized carbons (Fsp3) is 0.368. The number of nitrogens with one attached hydrogen (secondary N) is 1. The number of pyridine rings is 1. The first-order valence-corrected chi connectivity index (χ1v) is 8.34. The lowest BCUT2D eigenvalue weighted by molar-refractivity contribution is -0.145. The number of hydrogen-bond acceptors (Lipinski definition) is 5. The van der Waals surface area contributed by atoms with Crippen LogP contribution in [0.4, 0.5) is 0 Å². The van der Waals surface area contributed by atoms with Gasteiger partial charge in [-0.25, -0.2) is 9.78 Å². The maximum atomic E-state index is 12.6. The zero-order chi connectivity index (χ0) is 17.8. The summed E-state index contributed by atoms with van der Waals surface area (Å²) in [5.74, 6) is -1.10. The molecule has 1 amide bonds. The first-order chi connectivity index (χ1) is 12.1. The normalized spacial score (nSPS) is 18.6. The highest BCUT2D eigenvalue weighted by atomic mass is 16.5. The number of nitrogens with zero attached hydrogens (tertiary/aromatic N) is 1. The number of benzene rings is 1. The van der Waals surface area contributed by atoms with Gasteiger partial charge < -0.3 is 10.1 Å². The van der Waals surface area contributed by atoms with Crippen molar-refractivity contribution in [2.45, 2.75) is 31.7 Å². The Balaban J connectivity index is 1.81. The van der Waals surface area contributed by atoms with Crippen LogP contribution in [0.2, 0.25) is 0 Å². The van der Waals surface area contributed by atoms with Crippen molar-refractivity contribution in [3.8, 4) is 0 Å². The number of ketones is 1. The van der Waals surface area contributed by atoms with Crippen LogP contribution in [0, 0.1) is 5.92 Å². The molecule has 6 nitrogen and oxygen atoms in total. The highest BCUT2D eigenvalue weighted by molar-refractivity contribution is 5.97. The Morgan fingerprint density at radius 2 is 2.04 bits per heavy atom. The molecule has 25 heavy (non-hydrogen) atoms. The molecule has 6 heteroatoms. The maximum Gasteiger partial charge on any atom is 0.328 e. The molecule has 2 aromatic rings. The van der Waals surface area contributed by atoms with Gasteiger partial charge in [0.1, 0.15) is 17.5 Å². The fourth-order valence-electron chi connectivity index (χ4n) is 3.25. The van der Waals surface area contributed by atoms with Crippen LogP contribution in [-0.2, 0) is 14.3 Å². The van der Waals surface area contributed by atoms with Gasteiger partial charge in [0.05, 0.1) is 12.6 Å². The second-order valence-electron chi connectivity index (χ2n) is 6.26. The maximum absolute atomic E-state index is 12.6. The van der Waals surface area contributed by atoms with Crippen molar-refractivity contribution in [1.29, 1.82) is 0 Å². The number of rotatable bonds is 4. The first kappa shape index (κ1) is 17.1. The number of ether oxygens (including phenoxy) is 1. The molecule has 1 saturated carbocycles. The topological polar surface area (TPSA) is 85.4 Å². The molecule has 3 rings (SSSR count). The number of Topliss-reactive ketones (excluding diaryl/α,β-unsaturated/α-hetero) is 1. The van der Waals surface area contributed by atoms with Gasteiger partial charge in [-0.05, 0) is 30.9 Å². The average molecular weight is 340 g/mol. The van der Waals surface area contributed by atoms with Gasteiger partial charge in [-0.3, -0.25) is 9.59 Å². The third-order valence-electron chi connectivity index (χ3n) is 4.56. The number of hydrogen-bond donors (Lipinski definition) is 1. The van der Waals surface area contributed by atoms with E-state index in [0.717, 1.165) is 11.8 Å². The van der Waals surface area contributed by atoms with Crippen molar-refractivity contribution in [3.05, 3.63) is 42.1 Å². The predicted octanol–water partition coefficient (Wildman–Crippen LogP) is 2.27. The van der Waals surface area contributed by atoms with E-state index in [9.17, 15) is 14.4 Å². The summed E-state index contributed by atoms with van der Waals surface area (Å²) in [5.41, 5.74) is 0.937. The summed E-state index contributed by atoms with van der Waals surface area (Å²) in [6.45, 7) is 0. The van der Waals surface area contributed by atoms with Crippen LogP contribution in [0.15, 0.2) is 36.4 Å². The Kier molecular flexibility index (Phi) is 5.07. The fourth-order valence-corrected chi connectivity index (χ4v) is 3.25. The predicted molar refractivity (Wildman–Crippen MR) is 92.0 cm³/mol. The number of esters is 1. The standard InChI is InChI=1S/C19H20N2O4/c1-25-19(24)17(13-6-4-7-14(22)11-13)21-18(23)16-10-9-12-5-2-3-8-15(12)20-16/h2-3,5,8-10,13,17H,4,6-7,11H2,1H3,(H,21,23)/t13-,17+/m1/s1. The second kappa shape index (κ2) is 7.42. The van der Waals surface area contributed by atoms with Gasteiger partial charge in [-0.2, -0.15) is 0 Å². The molecular formula is C19H20N2O4. The summed E-state index contributed by atoms with van der Waals surface area (Å²) >= 11 is 0. The van der Waals surface area contributed by atoms with Crippen LogP contribution in [0.3, 0.4) is 0 Å². The highest BCUT2D eigenvalue weighted by Crippen LogP contribution is 2.25. The van der Waals surface area contributed by atoms with Crippen LogP contribution in [0.5, 0.6) is 0 Å². The molecule has 2 atom stereocenters. The molecule has 1 aromatic carbocycles. The number of fused-ring (bicyclic) bond motifs is 1. The van der Waals surface area contributed by atoms with E-state index in [-0.39, 0.29) is 23.8 Å². The molecule has 0 aliphatic heterocycles. The Morgan fingerprint density at radius 3 is 2.80 bits per heavy atom. The van der Waals surface area contributed by atoms with E-state index in [1.165, 1.54) is 7.11 Å². The van der Waals surface area contributed by atoms with Gasteiger partial charge in [0.15, 0.2) is 0 Å². The van der Waals surface area contributed by atoms with Gasteiger partial charge in [0.25, 0.3) is 5.91 Å². The zero-order valence-corrected chi connectivity index (χ0v) is 14.0. The third-order valence-corrected chi connectivity index (χ3v) is 4.56. The van der Waals surface area contributed by atoms with E-state index in [2.05, 4.69) is 10.3 Å². The minimum absolute atomic E-state index is 0.114. The summed E-state index contributed by atoms with van der Waals surface area (Å²) in [6, 6.07) is 10.1. The van der Waals surface area contributed by atoms with Crippen LogP contribution in [0.25, 0.3) is 10.9 Å². The molecule has 0 bridgehead atoms. The van der Waals surface area contributed by atoms with Crippen molar-refractivity contribution in [2.75, 3.05) is 7.11 Å². The van der Waals surface area contributed by atoms with Gasteiger partial charge in [0.2, 0.25) is 0 Å². The van der Waals surface area contributed by atoms with E-state index >= 15 is 0 Å². The molecule has 1 aliphatic carbocycles. The smallest absolute Gasteiger partial charge is 0.328 e. The molecule has 1 aromatic heterocycles. The molecule has 0 spiro atoms. The number of carbonyl (C=O) groups excluding carboxylic acids is 3. The third kappa shape index (κ3) is 3.84. The monoisotopic (exact) mass is 340 g/mol. The second-order valence-corrected chi connectivity index (χ2v) is 6.26. The summed E-state index contributed by atoms with van der Waals surface area (Å²) in [4.78, 5) is 40.8. The van der Waals surface area contributed by atoms with Gasteiger partial charge in [-0.15, -0.1) is 0 Å². The number of para-hydroxylation sites is 1. The SMILES string of the molecule is COC(=O)[C@@H](NC(=O)c1ccc2ccccc2n1)[C@@H]1CCCC(=O)C1. The van der Waals surface area contributed by atoms with Crippen molar-refractivity contribution in [2.24, 2.45) is 5.92 Å². The van der Waals surface area contributed by atoms with E-state index < -0.39 is 17.9 Å². The molecule has 130 valence electrons. The van der Waals surface area contributed by atoms with Gasteiger partial charge in [-0.1, -0.05) is 24.3 Å². The molecule has 0 unspecified atom stereocenters. The number of aromatic nitrogens is 1. The van der Waals surface area contributed by atoms with Crippen LogP contribution in [0.1, 0.15) is 36.2 Å². The molecular weight excluding hydrogens is 320 g/mol. The van der Waals surface area contributed by atoms with E-state index in [1.54, 1.807) is 6.07 Å². The van der Waals surface area contributed by atoms with Crippen molar-refractivity contribution in [1.82, 2.24) is 10.3 Å². The molecule has 0 saturated heterocycles. The summed E-state index contributed by atoms with van der Waals surface area (Å²) in [5, 5.41) is 3.64. The number of amides is 1. The van der Waals surface area contributed by atoms with Crippen molar-refractivity contribution >= 4 is 28.6 Å². The lowest BCUT2D eigenvalue weighted by Gasteiger charge is -2.28. The van der Waals surface area contributed by atoms with Crippen LogP contribution >= 0.6 is 0 Å². The molecule has 1 heterocycles. The zero-order valence-electron chi connectivity index (χ0n) is 14.0. The van der Waals surface area contributed by atoms with Crippen LogP contribution < -0.4 is 5.32 Å². The summed E-state index contributed by atoms with van der Waals surface area (Å²) in [7, 11) is 1.28. The van der Waals surface area contributed by atoms with E-state index in [1.807, 2.05) is 30.3 Å². The number of carbonyl (C=O) groups is 3. The minimum atomic E-state index is -0.838.